The molecule has 7 heteroatoms. The first-order valence-electron chi connectivity index (χ1n) is 7.25. The van der Waals surface area contributed by atoms with Gasteiger partial charge in [0, 0.05) is 23.5 Å². The Labute approximate surface area is 129 Å². The third-order valence-corrected chi connectivity index (χ3v) is 4.82. The van der Waals surface area contributed by atoms with Gasteiger partial charge >= 0.3 is 0 Å². The van der Waals surface area contributed by atoms with Gasteiger partial charge in [-0.3, -0.25) is 0 Å². The standard InChI is InChI=1S/C15H18N4O2S/c16-22(20,21)13-7-5-12(6-8-13)18-15-17-10-9-14(19-15)11-3-1-2-4-11/h5-11H,1-4H2,(H2,16,20,21)(H,17,18,19). The Morgan fingerprint density at radius 3 is 2.41 bits per heavy atom. The molecule has 0 unspecified atom stereocenters. The van der Waals surface area contributed by atoms with E-state index in [9.17, 15) is 8.42 Å². The zero-order valence-corrected chi connectivity index (χ0v) is 12.9. The largest absolute Gasteiger partial charge is 0.324 e. The Kier molecular flexibility index (Phi) is 4.08. The molecule has 0 aliphatic heterocycles. The molecule has 6 nitrogen and oxygen atoms in total. The predicted octanol–water partition coefficient (Wildman–Crippen LogP) is 2.53. The average molecular weight is 318 g/mol. The summed E-state index contributed by atoms with van der Waals surface area (Å²) in [7, 11) is -3.67. The third kappa shape index (κ3) is 3.42. The summed E-state index contributed by atoms with van der Waals surface area (Å²) in [4.78, 5) is 8.85. The van der Waals surface area contributed by atoms with Crippen molar-refractivity contribution in [1.29, 1.82) is 0 Å². The van der Waals surface area contributed by atoms with Crippen LogP contribution in [0.25, 0.3) is 0 Å². The van der Waals surface area contributed by atoms with Gasteiger partial charge in [0.1, 0.15) is 0 Å². The van der Waals surface area contributed by atoms with E-state index in [1.165, 1.54) is 37.8 Å². The summed E-state index contributed by atoms with van der Waals surface area (Å²) in [5, 5.41) is 8.16. The van der Waals surface area contributed by atoms with Gasteiger partial charge in [-0.2, -0.15) is 0 Å². The molecule has 0 bridgehead atoms. The van der Waals surface area contributed by atoms with Crippen molar-refractivity contribution < 1.29 is 8.42 Å². The molecule has 3 N–H and O–H groups in total. The number of rotatable bonds is 4. The SMILES string of the molecule is NS(=O)(=O)c1ccc(Nc2nccc(C3CCCC3)n2)cc1. The van der Waals surface area contributed by atoms with Crippen LogP contribution in [0.2, 0.25) is 0 Å². The number of hydrogen-bond donors (Lipinski definition) is 2. The minimum Gasteiger partial charge on any atom is -0.324 e. The molecule has 1 heterocycles. The number of sulfonamides is 1. The highest BCUT2D eigenvalue weighted by Crippen LogP contribution is 2.33. The molecule has 0 saturated heterocycles. The Balaban J connectivity index is 1.77. The monoisotopic (exact) mass is 318 g/mol. The van der Waals surface area contributed by atoms with E-state index in [4.69, 9.17) is 5.14 Å². The van der Waals surface area contributed by atoms with Crippen molar-refractivity contribution in [3.8, 4) is 0 Å². The summed E-state index contributed by atoms with van der Waals surface area (Å²) in [5.41, 5.74) is 1.78. The van der Waals surface area contributed by atoms with Crippen molar-refractivity contribution in [2.24, 2.45) is 5.14 Å². The summed E-state index contributed by atoms with van der Waals surface area (Å²) in [6, 6.07) is 8.17. The molecule has 0 atom stereocenters. The quantitative estimate of drug-likeness (QED) is 0.902. The van der Waals surface area contributed by atoms with Crippen LogP contribution in [0.1, 0.15) is 37.3 Å². The molecule has 1 aliphatic rings. The fourth-order valence-electron chi connectivity index (χ4n) is 2.74. The molecule has 1 aromatic heterocycles. The van der Waals surface area contributed by atoms with Crippen LogP contribution in [-0.4, -0.2) is 18.4 Å². The van der Waals surface area contributed by atoms with E-state index >= 15 is 0 Å². The van der Waals surface area contributed by atoms with Gasteiger partial charge in [-0.25, -0.2) is 23.5 Å². The highest BCUT2D eigenvalue weighted by atomic mass is 32.2. The lowest BCUT2D eigenvalue weighted by atomic mass is 10.0. The van der Waals surface area contributed by atoms with Crippen molar-refractivity contribution in [1.82, 2.24) is 9.97 Å². The minimum absolute atomic E-state index is 0.0821. The number of nitrogens with zero attached hydrogens (tertiary/aromatic N) is 2. The van der Waals surface area contributed by atoms with Crippen molar-refractivity contribution in [2.75, 3.05) is 5.32 Å². The van der Waals surface area contributed by atoms with E-state index in [1.807, 2.05) is 6.07 Å². The molecular formula is C15H18N4O2S. The van der Waals surface area contributed by atoms with Crippen LogP contribution in [0.15, 0.2) is 41.4 Å². The van der Waals surface area contributed by atoms with Gasteiger partial charge < -0.3 is 5.32 Å². The second-order valence-corrected chi connectivity index (χ2v) is 7.04. The number of nitrogens with two attached hydrogens (primary N) is 1. The van der Waals surface area contributed by atoms with Crippen molar-refractivity contribution in [3.05, 3.63) is 42.2 Å². The van der Waals surface area contributed by atoms with Crippen LogP contribution < -0.4 is 10.5 Å². The average Bonchev–Trinajstić information content (AvgIpc) is 3.01. The summed E-state index contributed by atoms with van der Waals surface area (Å²) >= 11 is 0. The number of primary sulfonamides is 1. The number of aromatic nitrogens is 2. The third-order valence-electron chi connectivity index (χ3n) is 3.89. The first kappa shape index (κ1) is 14.9. The van der Waals surface area contributed by atoms with Gasteiger partial charge in [-0.1, -0.05) is 12.8 Å². The van der Waals surface area contributed by atoms with Gasteiger partial charge in [-0.05, 0) is 43.2 Å². The molecule has 22 heavy (non-hydrogen) atoms. The maximum atomic E-state index is 11.2. The predicted molar refractivity (Wildman–Crippen MR) is 84.3 cm³/mol. The summed E-state index contributed by atoms with van der Waals surface area (Å²) in [6.07, 6.45) is 6.62. The zero-order valence-electron chi connectivity index (χ0n) is 12.1. The van der Waals surface area contributed by atoms with Crippen LogP contribution in [0.3, 0.4) is 0 Å². The van der Waals surface area contributed by atoms with Crippen LogP contribution in [0, 0.1) is 0 Å². The number of nitrogens with one attached hydrogen (secondary N) is 1. The fraction of sp³-hybridized carbons (Fsp3) is 0.333. The van der Waals surface area contributed by atoms with Crippen LogP contribution in [0.5, 0.6) is 0 Å². The molecule has 1 aromatic carbocycles. The molecule has 0 spiro atoms. The Morgan fingerprint density at radius 1 is 1.09 bits per heavy atom. The summed E-state index contributed by atoms with van der Waals surface area (Å²) < 4.78 is 22.5. The van der Waals surface area contributed by atoms with Gasteiger partial charge in [0.2, 0.25) is 16.0 Å². The minimum atomic E-state index is -3.67. The molecule has 0 amide bonds. The van der Waals surface area contributed by atoms with Crippen LogP contribution >= 0.6 is 0 Å². The van der Waals surface area contributed by atoms with Crippen molar-refractivity contribution in [3.63, 3.8) is 0 Å². The number of benzene rings is 1. The lowest BCUT2D eigenvalue weighted by Gasteiger charge is -2.10. The molecule has 1 fully saturated rings. The Morgan fingerprint density at radius 2 is 1.77 bits per heavy atom. The molecule has 116 valence electrons. The molecule has 1 aliphatic carbocycles. The van der Waals surface area contributed by atoms with Gasteiger partial charge in [-0.15, -0.1) is 0 Å². The molecule has 3 rings (SSSR count). The van der Waals surface area contributed by atoms with E-state index in [-0.39, 0.29) is 4.90 Å². The highest BCUT2D eigenvalue weighted by molar-refractivity contribution is 7.89. The number of anilines is 2. The normalized spacial score (nSPS) is 15.9. The van der Waals surface area contributed by atoms with Gasteiger partial charge in [0.15, 0.2) is 0 Å². The van der Waals surface area contributed by atoms with Gasteiger partial charge in [0.25, 0.3) is 0 Å². The van der Waals surface area contributed by atoms with E-state index in [0.29, 0.717) is 11.9 Å². The van der Waals surface area contributed by atoms with E-state index < -0.39 is 10.0 Å². The first-order chi connectivity index (χ1) is 10.5. The van der Waals surface area contributed by atoms with E-state index in [2.05, 4.69) is 15.3 Å². The van der Waals surface area contributed by atoms with Crippen LogP contribution in [-0.2, 0) is 10.0 Å². The lowest BCUT2D eigenvalue weighted by Crippen LogP contribution is -2.11. The topological polar surface area (TPSA) is 98.0 Å². The maximum Gasteiger partial charge on any atom is 0.238 e. The fourth-order valence-corrected chi connectivity index (χ4v) is 3.25. The van der Waals surface area contributed by atoms with Crippen molar-refractivity contribution in [2.45, 2.75) is 36.5 Å². The molecule has 2 aromatic rings. The van der Waals surface area contributed by atoms with E-state index in [1.54, 1.807) is 18.3 Å². The van der Waals surface area contributed by atoms with Gasteiger partial charge in [0.05, 0.1) is 4.90 Å². The first-order valence-corrected chi connectivity index (χ1v) is 8.80. The Bertz CT molecular complexity index is 753. The second kappa shape index (κ2) is 6.02. The maximum absolute atomic E-state index is 11.2. The molecule has 0 radical (unpaired) electrons. The van der Waals surface area contributed by atoms with Crippen molar-refractivity contribution >= 4 is 21.7 Å². The summed E-state index contributed by atoms with van der Waals surface area (Å²) in [6.45, 7) is 0. The zero-order chi connectivity index (χ0) is 15.6. The molecular weight excluding hydrogens is 300 g/mol. The van der Waals surface area contributed by atoms with E-state index in [0.717, 1.165) is 11.4 Å². The van der Waals surface area contributed by atoms with Crippen LogP contribution in [0.4, 0.5) is 11.6 Å². The highest BCUT2D eigenvalue weighted by Gasteiger charge is 2.18. The lowest BCUT2D eigenvalue weighted by molar-refractivity contribution is 0.598. The summed E-state index contributed by atoms with van der Waals surface area (Å²) in [5.74, 6) is 1.04. The Hall–Kier alpha value is -1.99. The second-order valence-electron chi connectivity index (χ2n) is 5.48. The number of hydrogen-bond acceptors (Lipinski definition) is 5. The smallest absolute Gasteiger partial charge is 0.238 e. The molecule has 1 saturated carbocycles.